The fraction of sp³-hybridized carbons (Fsp3) is 0.333. The van der Waals surface area contributed by atoms with Gasteiger partial charge in [0.25, 0.3) is 0 Å². The Labute approximate surface area is 117 Å². The van der Waals surface area contributed by atoms with E-state index in [9.17, 15) is 10.1 Å². The zero-order valence-corrected chi connectivity index (χ0v) is 11.6. The van der Waals surface area contributed by atoms with E-state index in [1.54, 1.807) is 30.3 Å². The molecule has 0 aromatic heterocycles. The Bertz CT molecular complexity index is 638. The van der Waals surface area contributed by atoms with Gasteiger partial charge in [0.2, 0.25) is 0 Å². The highest BCUT2D eigenvalue weighted by molar-refractivity contribution is 5.95. The van der Waals surface area contributed by atoms with Crippen molar-refractivity contribution >= 4 is 22.1 Å². The molecule has 0 radical (unpaired) electrons. The van der Waals surface area contributed by atoms with E-state index >= 15 is 0 Å². The number of benzene rings is 2. The van der Waals surface area contributed by atoms with E-state index in [1.165, 1.54) is 0 Å². The zero-order chi connectivity index (χ0) is 14.7. The van der Waals surface area contributed by atoms with Gasteiger partial charge in [0.1, 0.15) is 0 Å². The molecule has 0 saturated heterocycles. The van der Waals surface area contributed by atoms with Crippen LogP contribution in [0.15, 0.2) is 30.3 Å². The van der Waals surface area contributed by atoms with Gasteiger partial charge in [-0.2, -0.15) is 0 Å². The first-order valence-electron chi connectivity index (χ1n) is 6.58. The van der Waals surface area contributed by atoms with Crippen molar-refractivity contribution in [3.63, 3.8) is 0 Å². The molecule has 0 amide bonds. The number of rotatable bonds is 5. The molecule has 0 saturated carbocycles. The second kappa shape index (κ2) is 5.77. The van der Waals surface area contributed by atoms with Gasteiger partial charge in [0.05, 0.1) is 16.9 Å². The van der Waals surface area contributed by atoms with E-state index in [2.05, 4.69) is 13.8 Å². The van der Waals surface area contributed by atoms with E-state index in [0.717, 1.165) is 11.8 Å². The standard InChI is InChI=1S/C15H18N2O3/c1-10(2)7-8-20-14-6-3-11-9-12(16)4-5-13(11)15(14)17(18)19/h3-6,9-10H,7-8,16H2,1-2H3. The Hall–Kier alpha value is -2.30. The molecule has 0 fully saturated rings. The number of anilines is 1. The van der Waals surface area contributed by atoms with Crippen molar-refractivity contribution in [2.24, 2.45) is 5.92 Å². The summed E-state index contributed by atoms with van der Waals surface area (Å²) in [7, 11) is 0. The minimum atomic E-state index is -0.400. The van der Waals surface area contributed by atoms with Gasteiger partial charge in [0, 0.05) is 5.69 Å². The monoisotopic (exact) mass is 274 g/mol. The summed E-state index contributed by atoms with van der Waals surface area (Å²) in [6.45, 7) is 4.64. The summed E-state index contributed by atoms with van der Waals surface area (Å²) < 4.78 is 5.57. The lowest BCUT2D eigenvalue weighted by atomic mass is 10.1. The molecule has 5 nitrogen and oxygen atoms in total. The van der Waals surface area contributed by atoms with Crippen LogP contribution in [-0.2, 0) is 0 Å². The van der Waals surface area contributed by atoms with E-state index < -0.39 is 4.92 Å². The Morgan fingerprint density at radius 2 is 2.05 bits per heavy atom. The molecule has 0 aliphatic carbocycles. The molecule has 0 unspecified atom stereocenters. The smallest absolute Gasteiger partial charge is 0.318 e. The van der Waals surface area contributed by atoms with Crippen molar-refractivity contribution in [2.45, 2.75) is 20.3 Å². The molecule has 2 N–H and O–H groups in total. The maximum absolute atomic E-state index is 11.3. The predicted octanol–water partition coefficient (Wildman–Crippen LogP) is 3.76. The second-order valence-corrected chi connectivity index (χ2v) is 5.18. The highest BCUT2D eigenvalue weighted by Crippen LogP contribution is 2.36. The average Bonchev–Trinajstić information content (AvgIpc) is 2.37. The maximum Gasteiger partial charge on any atom is 0.318 e. The molecule has 0 aliphatic rings. The number of ether oxygens (including phenoxy) is 1. The van der Waals surface area contributed by atoms with Crippen LogP contribution in [0.1, 0.15) is 20.3 Å². The Kier molecular flexibility index (Phi) is 4.08. The van der Waals surface area contributed by atoms with Crippen LogP contribution in [0, 0.1) is 16.0 Å². The van der Waals surface area contributed by atoms with Crippen molar-refractivity contribution in [1.29, 1.82) is 0 Å². The van der Waals surface area contributed by atoms with Crippen molar-refractivity contribution in [3.8, 4) is 5.75 Å². The lowest BCUT2D eigenvalue weighted by molar-refractivity contribution is -0.384. The van der Waals surface area contributed by atoms with Gasteiger partial charge >= 0.3 is 5.69 Å². The van der Waals surface area contributed by atoms with E-state index in [0.29, 0.717) is 29.3 Å². The van der Waals surface area contributed by atoms with Crippen molar-refractivity contribution < 1.29 is 9.66 Å². The number of nitro benzene ring substituents is 1. The fourth-order valence-corrected chi connectivity index (χ4v) is 2.02. The summed E-state index contributed by atoms with van der Waals surface area (Å²) in [6, 6.07) is 8.48. The van der Waals surface area contributed by atoms with Crippen LogP contribution in [0.2, 0.25) is 0 Å². The maximum atomic E-state index is 11.3. The van der Waals surface area contributed by atoms with Crippen LogP contribution in [0.25, 0.3) is 10.8 Å². The zero-order valence-electron chi connectivity index (χ0n) is 11.6. The molecule has 0 spiro atoms. The van der Waals surface area contributed by atoms with Crippen LogP contribution in [0.4, 0.5) is 11.4 Å². The molecular weight excluding hydrogens is 256 g/mol. The molecule has 2 rings (SSSR count). The summed E-state index contributed by atoms with van der Waals surface area (Å²) in [6.07, 6.45) is 0.858. The van der Waals surface area contributed by atoms with Crippen molar-refractivity contribution in [2.75, 3.05) is 12.3 Å². The van der Waals surface area contributed by atoms with E-state index in [4.69, 9.17) is 10.5 Å². The minimum absolute atomic E-state index is 0.00579. The first-order valence-corrected chi connectivity index (χ1v) is 6.58. The van der Waals surface area contributed by atoms with Crippen LogP contribution in [0.3, 0.4) is 0 Å². The number of nitrogens with zero attached hydrogens (tertiary/aromatic N) is 1. The van der Waals surface area contributed by atoms with E-state index in [1.807, 2.05) is 0 Å². The number of hydrogen-bond acceptors (Lipinski definition) is 4. The molecule has 0 aliphatic heterocycles. The molecule has 106 valence electrons. The van der Waals surface area contributed by atoms with Crippen molar-refractivity contribution in [3.05, 3.63) is 40.4 Å². The first kappa shape index (κ1) is 14.1. The molecule has 2 aromatic rings. The lowest BCUT2D eigenvalue weighted by Gasteiger charge is -2.10. The second-order valence-electron chi connectivity index (χ2n) is 5.18. The fourth-order valence-electron chi connectivity index (χ4n) is 2.02. The number of nitro groups is 1. The predicted molar refractivity (Wildman–Crippen MR) is 80.0 cm³/mol. The molecule has 20 heavy (non-hydrogen) atoms. The lowest BCUT2D eigenvalue weighted by Crippen LogP contribution is -2.04. The Balaban J connectivity index is 2.41. The third-order valence-electron chi connectivity index (χ3n) is 3.11. The molecule has 2 aromatic carbocycles. The highest BCUT2D eigenvalue weighted by Gasteiger charge is 2.19. The third-order valence-corrected chi connectivity index (χ3v) is 3.11. The molecule has 0 bridgehead atoms. The van der Waals surface area contributed by atoms with Gasteiger partial charge in [-0.15, -0.1) is 0 Å². The molecule has 0 atom stereocenters. The Morgan fingerprint density at radius 1 is 1.30 bits per heavy atom. The van der Waals surface area contributed by atoms with Crippen LogP contribution in [-0.4, -0.2) is 11.5 Å². The summed E-state index contributed by atoms with van der Waals surface area (Å²) in [4.78, 5) is 10.9. The quantitative estimate of drug-likeness (QED) is 0.511. The molecule has 5 heteroatoms. The van der Waals surface area contributed by atoms with Crippen molar-refractivity contribution in [1.82, 2.24) is 0 Å². The van der Waals surface area contributed by atoms with Gasteiger partial charge in [0.15, 0.2) is 5.75 Å². The highest BCUT2D eigenvalue weighted by atomic mass is 16.6. The normalized spacial score (nSPS) is 10.9. The van der Waals surface area contributed by atoms with E-state index in [-0.39, 0.29) is 5.69 Å². The minimum Gasteiger partial charge on any atom is -0.487 e. The first-order chi connectivity index (χ1) is 9.49. The number of nitrogens with two attached hydrogens (primary N) is 1. The SMILES string of the molecule is CC(C)CCOc1ccc2cc(N)ccc2c1[N+](=O)[O-]. The van der Waals surface area contributed by atoms with Crippen LogP contribution in [0.5, 0.6) is 5.75 Å². The summed E-state index contributed by atoms with van der Waals surface area (Å²) in [5.74, 6) is 0.808. The summed E-state index contributed by atoms with van der Waals surface area (Å²) in [5, 5.41) is 12.6. The van der Waals surface area contributed by atoms with Gasteiger partial charge in [-0.1, -0.05) is 19.9 Å². The van der Waals surface area contributed by atoms with Gasteiger partial charge in [-0.25, -0.2) is 0 Å². The average molecular weight is 274 g/mol. The molecular formula is C15H18N2O3. The van der Waals surface area contributed by atoms with Crippen LogP contribution < -0.4 is 10.5 Å². The van der Waals surface area contributed by atoms with Gasteiger partial charge in [-0.3, -0.25) is 10.1 Å². The van der Waals surface area contributed by atoms with Gasteiger partial charge < -0.3 is 10.5 Å². The largest absolute Gasteiger partial charge is 0.487 e. The number of hydrogen-bond donors (Lipinski definition) is 1. The summed E-state index contributed by atoms with van der Waals surface area (Å²) >= 11 is 0. The Morgan fingerprint density at radius 3 is 2.70 bits per heavy atom. The number of nitrogen functional groups attached to an aromatic ring is 1. The topological polar surface area (TPSA) is 78.4 Å². The number of fused-ring (bicyclic) bond motifs is 1. The van der Waals surface area contributed by atoms with Gasteiger partial charge in [-0.05, 0) is 42.0 Å². The van der Waals surface area contributed by atoms with Crippen LogP contribution >= 0.6 is 0 Å². The summed E-state index contributed by atoms with van der Waals surface area (Å²) in [5.41, 5.74) is 6.29. The molecule has 0 heterocycles. The third kappa shape index (κ3) is 2.99.